The van der Waals surface area contributed by atoms with Crippen molar-refractivity contribution in [2.75, 3.05) is 0 Å². The van der Waals surface area contributed by atoms with E-state index in [4.69, 9.17) is 0 Å². The minimum Gasteiger partial charge on any atom is -0.292 e. The number of carbonyl (C=O) groups excluding carboxylic acids is 1. The zero-order chi connectivity index (χ0) is 14.8. The van der Waals surface area contributed by atoms with Crippen LogP contribution < -0.4 is 0 Å². The van der Waals surface area contributed by atoms with E-state index in [-0.39, 0.29) is 15.8 Å². The van der Waals surface area contributed by atoms with E-state index in [0.29, 0.717) is 11.4 Å². The molecule has 5 heteroatoms. The summed E-state index contributed by atoms with van der Waals surface area (Å²) in [5.74, 6) is 0.664. The van der Waals surface area contributed by atoms with Gasteiger partial charge in [-0.2, -0.15) is 5.10 Å². The number of aromatic nitrogens is 3. The van der Waals surface area contributed by atoms with E-state index in [2.05, 4.69) is 36.0 Å². The molecule has 1 heterocycles. The van der Waals surface area contributed by atoms with Crippen molar-refractivity contribution in [1.82, 2.24) is 15.2 Å². The average Bonchev–Trinajstić information content (AvgIpc) is 2.89. The third-order valence-corrected chi connectivity index (χ3v) is 4.11. The molecule has 20 heavy (non-hydrogen) atoms. The van der Waals surface area contributed by atoms with Crippen molar-refractivity contribution in [3.63, 3.8) is 0 Å². The van der Waals surface area contributed by atoms with Crippen molar-refractivity contribution < 1.29 is 4.79 Å². The number of aromatic amines is 1. The fraction of sp³-hybridized carbons (Fsp3) is 0.400. The summed E-state index contributed by atoms with van der Waals surface area (Å²) in [4.78, 5) is 16.9. The van der Waals surface area contributed by atoms with E-state index in [9.17, 15) is 4.79 Å². The minimum absolute atomic E-state index is 0.0438. The highest BCUT2D eigenvalue weighted by Crippen LogP contribution is 2.38. The molecule has 1 aromatic heterocycles. The Morgan fingerprint density at radius 2 is 1.90 bits per heavy atom. The van der Waals surface area contributed by atoms with Crippen LogP contribution in [0, 0.1) is 6.92 Å². The second kappa shape index (κ2) is 5.79. The highest BCUT2D eigenvalue weighted by atomic mass is 32.2. The first-order valence-electron chi connectivity index (χ1n) is 6.51. The number of benzene rings is 1. The van der Waals surface area contributed by atoms with E-state index in [1.165, 1.54) is 6.33 Å². The third-order valence-electron chi connectivity index (χ3n) is 2.73. The normalized spacial score (nSPS) is 13.2. The van der Waals surface area contributed by atoms with Gasteiger partial charge in [0.25, 0.3) is 0 Å². The molecule has 1 atom stereocenters. The van der Waals surface area contributed by atoms with E-state index in [1.807, 2.05) is 31.2 Å². The molecule has 0 radical (unpaired) electrons. The zero-order valence-corrected chi connectivity index (χ0v) is 13.0. The van der Waals surface area contributed by atoms with Crippen LogP contribution in [0.3, 0.4) is 0 Å². The lowest BCUT2D eigenvalue weighted by Crippen LogP contribution is -2.19. The Kier molecular flexibility index (Phi) is 4.28. The second-order valence-corrected chi connectivity index (χ2v) is 7.64. The topological polar surface area (TPSA) is 58.6 Å². The Balaban J connectivity index is 2.31. The molecule has 106 valence electrons. The van der Waals surface area contributed by atoms with E-state index >= 15 is 0 Å². The molecule has 1 N–H and O–H groups in total. The average molecular weight is 289 g/mol. The van der Waals surface area contributed by atoms with Crippen molar-refractivity contribution >= 4 is 17.5 Å². The van der Waals surface area contributed by atoms with Crippen molar-refractivity contribution in [3.05, 3.63) is 47.5 Å². The zero-order valence-electron chi connectivity index (χ0n) is 12.2. The molecule has 2 rings (SSSR count). The predicted molar refractivity (Wildman–Crippen MR) is 82.0 cm³/mol. The molecule has 4 nitrogen and oxygen atoms in total. The molecule has 1 aromatic carbocycles. The van der Waals surface area contributed by atoms with Gasteiger partial charge in [0, 0.05) is 10.3 Å². The van der Waals surface area contributed by atoms with Gasteiger partial charge in [0.2, 0.25) is 0 Å². The molecular formula is C15H19N3OS. The van der Waals surface area contributed by atoms with E-state index in [1.54, 1.807) is 11.8 Å². The quantitative estimate of drug-likeness (QED) is 0.874. The summed E-state index contributed by atoms with van der Waals surface area (Å²) in [5.41, 5.74) is 1.84. The number of carbonyl (C=O) groups is 1. The molecule has 0 amide bonds. The second-order valence-electron chi connectivity index (χ2n) is 5.71. The predicted octanol–water partition coefficient (Wildman–Crippen LogP) is 3.57. The Morgan fingerprint density at radius 1 is 1.25 bits per heavy atom. The van der Waals surface area contributed by atoms with Gasteiger partial charge in [0.05, 0.1) is 0 Å². The van der Waals surface area contributed by atoms with Crippen LogP contribution in [0.2, 0.25) is 0 Å². The lowest BCUT2D eigenvalue weighted by atomic mass is 10.1. The molecule has 0 fully saturated rings. The number of H-pyrrole nitrogens is 1. The Hall–Kier alpha value is -1.62. The largest absolute Gasteiger partial charge is 0.292 e. The van der Waals surface area contributed by atoms with Crippen molar-refractivity contribution in [3.8, 4) is 0 Å². The fourth-order valence-electron chi connectivity index (χ4n) is 1.80. The number of nitrogens with zero attached hydrogens (tertiary/aromatic N) is 2. The molecule has 2 aromatic rings. The molecule has 0 saturated heterocycles. The summed E-state index contributed by atoms with van der Waals surface area (Å²) in [6.45, 7) is 8.27. The van der Waals surface area contributed by atoms with Gasteiger partial charge in [0.15, 0.2) is 5.78 Å². The number of hydrogen-bond donors (Lipinski definition) is 1. The number of thioether (sulfide) groups is 1. The van der Waals surface area contributed by atoms with Crippen LogP contribution in [0.5, 0.6) is 0 Å². The highest BCUT2D eigenvalue weighted by Gasteiger charge is 2.30. The molecule has 0 bridgehead atoms. The fourth-order valence-corrected chi connectivity index (χ4v) is 2.97. The molecule has 0 aliphatic rings. The highest BCUT2D eigenvalue weighted by molar-refractivity contribution is 8.01. The lowest BCUT2D eigenvalue weighted by Gasteiger charge is -2.23. The summed E-state index contributed by atoms with van der Waals surface area (Å²) >= 11 is 1.58. The number of rotatable bonds is 4. The van der Waals surface area contributed by atoms with Crippen molar-refractivity contribution in [1.29, 1.82) is 0 Å². The number of hydrogen-bond acceptors (Lipinski definition) is 4. The van der Waals surface area contributed by atoms with Gasteiger partial charge in [-0.15, -0.1) is 11.8 Å². The van der Waals surface area contributed by atoms with Crippen LogP contribution in [-0.4, -0.2) is 25.7 Å². The maximum Gasteiger partial charge on any atom is 0.183 e. The molecule has 0 saturated carbocycles. The summed E-state index contributed by atoms with van der Waals surface area (Å²) in [5, 5.41) is 6.32. The van der Waals surface area contributed by atoms with Gasteiger partial charge in [-0.05, 0) is 6.92 Å². The first kappa shape index (κ1) is 14.8. The Labute approximate surface area is 123 Å². The Bertz CT molecular complexity index is 570. The van der Waals surface area contributed by atoms with Crippen LogP contribution in [0.4, 0.5) is 0 Å². The van der Waals surface area contributed by atoms with E-state index in [0.717, 1.165) is 5.56 Å². The summed E-state index contributed by atoms with van der Waals surface area (Å²) < 4.78 is -0.0438. The summed E-state index contributed by atoms with van der Waals surface area (Å²) in [6, 6.07) is 7.63. The number of aryl methyl sites for hydroxylation is 1. The maximum absolute atomic E-state index is 12.7. The van der Waals surface area contributed by atoms with Crippen molar-refractivity contribution in [2.24, 2.45) is 0 Å². The molecule has 1 unspecified atom stereocenters. The van der Waals surface area contributed by atoms with Gasteiger partial charge in [-0.1, -0.05) is 50.6 Å². The molecule has 0 aliphatic carbocycles. The summed E-state index contributed by atoms with van der Waals surface area (Å²) in [7, 11) is 0. The van der Waals surface area contributed by atoms with Gasteiger partial charge in [0.1, 0.15) is 17.4 Å². The number of nitrogens with one attached hydrogen (secondary N) is 1. The van der Waals surface area contributed by atoms with Gasteiger partial charge < -0.3 is 0 Å². The molecular weight excluding hydrogens is 270 g/mol. The minimum atomic E-state index is -0.361. The maximum atomic E-state index is 12.7. The van der Waals surface area contributed by atoms with Crippen LogP contribution >= 0.6 is 11.8 Å². The van der Waals surface area contributed by atoms with E-state index < -0.39 is 0 Å². The van der Waals surface area contributed by atoms with Crippen molar-refractivity contribution in [2.45, 2.75) is 37.7 Å². The van der Waals surface area contributed by atoms with Crippen LogP contribution in [0.1, 0.15) is 47.8 Å². The lowest BCUT2D eigenvalue weighted by molar-refractivity contribution is 0.0987. The van der Waals surface area contributed by atoms with Gasteiger partial charge in [-0.25, -0.2) is 4.98 Å². The molecule has 0 spiro atoms. The standard InChI is InChI=1S/C15H19N3OS/c1-10-5-7-11(8-6-10)12(19)13(20-15(2,3)4)14-16-9-17-18-14/h5-9,13H,1-4H3,(H,16,17,18). The van der Waals surface area contributed by atoms with Crippen LogP contribution in [0.15, 0.2) is 30.6 Å². The SMILES string of the molecule is Cc1ccc(C(=O)C(SC(C)(C)C)c2ncn[nH]2)cc1. The molecule has 0 aliphatic heterocycles. The monoisotopic (exact) mass is 289 g/mol. The third kappa shape index (κ3) is 3.70. The van der Waals surface area contributed by atoms with Crippen LogP contribution in [0.25, 0.3) is 0 Å². The first-order valence-corrected chi connectivity index (χ1v) is 7.39. The summed E-state index contributed by atoms with van der Waals surface area (Å²) in [6.07, 6.45) is 1.44. The number of ketones is 1. The van der Waals surface area contributed by atoms with Gasteiger partial charge >= 0.3 is 0 Å². The smallest absolute Gasteiger partial charge is 0.183 e. The van der Waals surface area contributed by atoms with Gasteiger partial charge in [-0.3, -0.25) is 9.89 Å². The Morgan fingerprint density at radius 3 is 2.40 bits per heavy atom. The van der Waals surface area contributed by atoms with Crippen LogP contribution in [-0.2, 0) is 0 Å². The number of Topliss-reactive ketones (excluding diaryl/α,β-unsaturated/α-hetero) is 1. The first-order chi connectivity index (χ1) is 9.37.